The van der Waals surface area contributed by atoms with E-state index in [0.717, 1.165) is 18.9 Å². The zero-order chi connectivity index (χ0) is 14.0. The molecule has 1 unspecified atom stereocenters. The first-order valence-electron chi connectivity index (χ1n) is 6.22. The average Bonchev–Trinajstić information content (AvgIpc) is 2.30. The fourth-order valence-corrected chi connectivity index (χ4v) is 2.35. The highest BCUT2D eigenvalue weighted by molar-refractivity contribution is 5.61. The number of benzene rings is 1. The molecule has 0 bridgehead atoms. The molecule has 1 aliphatic heterocycles. The Morgan fingerprint density at radius 2 is 2.26 bits per heavy atom. The lowest BCUT2D eigenvalue weighted by Gasteiger charge is -2.36. The number of rotatable bonds is 3. The van der Waals surface area contributed by atoms with Crippen LogP contribution in [0.25, 0.3) is 0 Å². The summed E-state index contributed by atoms with van der Waals surface area (Å²) in [5, 5.41) is 14.0. The maximum atomic E-state index is 13.1. The molecular formula is C13H17FN2O3. The third kappa shape index (κ3) is 3.41. The van der Waals surface area contributed by atoms with E-state index in [1.807, 2.05) is 13.8 Å². The topological polar surface area (TPSA) is 64.4 Å². The number of nitrogens with one attached hydrogen (secondary N) is 1. The van der Waals surface area contributed by atoms with Gasteiger partial charge in [0.05, 0.1) is 16.6 Å². The number of nitrogens with zero attached hydrogens (tertiary/aromatic N) is 1. The van der Waals surface area contributed by atoms with Gasteiger partial charge in [-0.2, -0.15) is 0 Å². The summed E-state index contributed by atoms with van der Waals surface area (Å²) in [6.07, 6.45) is 1.53. The Hall–Kier alpha value is -1.69. The third-order valence-corrected chi connectivity index (χ3v) is 3.21. The molecule has 5 nitrogen and oxygen atoms in total. The minimum atomic E-state index is -0.607. The molecule has 1 saturated heterocycles. The molecule has 19 heavy (non-hydrogen) atoms. The standard InChI is InChI=1S/C13H17FN2O3/c1-13(2)8-10(5-6-19-13)15-11-4-3-9(14)7-12(11)16(17)18/h3-4,7,10,15H,5-6,8H2,1-2H3. The minimum Gasteiger partial charge on any atom is -0.377 e. The number of nitro groups is 1. The zero-order valence-electron chi connectivity index (χ0n) is 11.0. The fourth-order valence-electron chi connectivity index (χ4n) is 2.35. The van der Waals surface area contributed by atoms with E-state index >= 15 is 0 Å². The highest BCUT2D eigenvalue weighted by Gasteiger charge is 2.30. The normalized spacial score (nSPS) is 21.9. The van der Waals surface area contributed by atoms with Gasteiger partial charge >= 0.3 is 0 Å². The van der Waals surface area contributed by atoms with Crippen LogP contribution < -0.4 is 5.32 Å². The molecule has 1 aliphatic rings. The molecule has 1 aromatic carbocycles. The first kappa shape index (κ1) is 13.7. The van der Waals surface area contributed by atoms with Gasteiger partial charge in [-0.15, -0.1) is 0 Å². The van der Waals surface area contributed by atoms with Crippen molar-refractivity contribution in [2.75, 3.05) is 11.9 Å². The van der Waals surface area contributed by atoms with E-state index < -0.39 is 10.7 Å². The summed E-state index contributed by atoms with van der Waals surface area (Å²) in [6.45, 7) is 4.58. The van der Waals surface area contributed by atoms with Crippen molar-refractivity contribution >= 4 is 11.4 Å². The van der Waals surface area contributed by atoms with Crippen LogP contribution in [-0.4, -0.2) is 23.2 Å². The lowest BCUT2D eigenvalue weighted by molar-refractivity contribution is -0.384. The summed E-state index contributed by atoms with van der Waals surface area (Å²) < 4.78 is 18.7. The summed E-state index contributed by atoms with van der Waals surface area (Å²) in [5.74, 6) is -0.607. The maximum Gasteiger partial charge on any atom is 0.295 e. The van der Waals surface area contributed by atoms with Gasteiger partial charge in [-0.3, -0.25) is 10.1 Å². The third-order valence-electron chi connectivity index (χ3n) is 3.21. The Morgan fingerprint density at radius 1 is 1.53 bits per heavy atom. The molecule has 0 saturated carbocycles. The highest BCUT2D eigenvalue weighted by Crippen LogP contribution is 2.30. The van der Waals surface area contributed by atoms with Crippen molar-refractivity contribution < 1.29 is 14.1 Å². The van der Waals surface area contributed by atoms with E-state index in [1.54, 1.807) is 0 Å². The Balaban J connectivity index is 2.17. The van der Waals surface area contributed by atoms with E-state index in [-0.39, 0.29) is 17.3 Å². The summed E-state index contributed by atoms with van der Waals surface area (Å²) in [4.78, 5) is 10.3. The Bertz CT molecular complexity index is 491. The molecule has 104 valence electrons. The molecule has 0 amide bonds. The van der Waals surface area contributed by atoms with E-state index in [2.05, 4.69) is 5.32 Å². The smallest absolute Gasteiger partial charge is 0.295 e. The van der Waals surface area contributed by atoms with Crippen LogP contribution in [0.4, 0.5) is 15.8 Å². The van der Waals surface area contributed by atoms with Crippen LogP contribution in [-0.2, 0) is 4.74 Å². The number of anilines is 1. The fraction of sp³-hybridized carbons (Fsp3) is 0.538. The molecule has 0 radical (unpaired) electrons. The predicted molar refractivity (Wildman–Crippen MR) is 69.7 cm³/mol. The zero-order valence-corrected chi connectivity index (χ0v) is 11.0. The van der Waals surface area contributed by atoms with Crippen LogP contribution in [0.3, 0.4) is 0 Å². The number of hydrogen-bond acceptors (Lipinski definition) is 4. The largest absolute Gasteiger partial charge is 0.377 e. The molecule has 1 heterocycles. The van der Waals surface area contributed by atoms with Gasteiger partial charge in [-0.1, -0.05) is 0 Å². The van der Waals surface area contributed by atoms with Gasteiger partial charge in [-0.25, -0.2) is 4.39 Å². The maximum absolute atomic E-state index is 13.1. The Labute approximate surface area is 110 Å². The predicted octanol–water partition coefficient (Wildman–Crippen LogP) is 3.10. The van der Waals surface area contributed by atoms with Crippen molar-refractivity contribution in [3.8, 4) is 0 Å². The van der Waals surface area contributed by atoms with Gasteiger partial charge in [0, 0.05) is 12.6 Å². The minimum absolute atomic E-state index is 0.0907. The van der Waals surface area contributed by atoms with Crippen molar-refractivity contribution in [3.05, 3.63) is 34.1 Å². The first-order valence-corrected chi connectivity index (χ1v) is 6.22. The monoisotopic (exact) mass is 268 g/mol. The van der Waals surface area contributed by atoms with Crippen LogP contribution in [0.2, 0.25) is 0 Å². The van der Waals surface area contributed by atoms with E-state index in [4.69, 9.17) is 4.74 Å². The first-order chi connectivity index (χ1) is 8.87. The van der Waals surface area contributed by atoms with Crippen molar-refractivity contribution in [2.45, 2.75) is 38.3 Å². The van der Waals surface area contributed by atoms with Gasteiger partial charge in [0.1, 0.15) is 11.5 Å². The van der Waals surface area contributed by atoms with Crippen LogP contribution >= 0.6 is 0 Å². The molecule has 6 heteroatoms. The SMILES string of the molecule is CC1(C)CC(Nc2ccc(F)cc2[N+](=O)[O-])CCO1. The molecule has 1 fully saturated rings. The molecule has 1 N–H and O–H groups in total. The number of halogens is 1. The van der Waals surface area contributed by atoms with Gasteiger partial charge < -0.3 is 10.1 Å². The Kier molecular flexibility index (Phi) is 3.71. The van der Waals surface area contributed by atoms with Crippen LogP contribution in [0.15, 0.2) is 18.2 Å². The quantitative estimate of drug-likeness (QED) is 0.675. The summed E-state index contributed by atoms with van der Waals surface area (Å²) >= 11 is 0. The van der Waals surface area contributed by atoms with E-state index in [0.29, 0.717) is 12.3 Å². The van der Waals surface area contributed by atoms with Crippen molar-refractivity contribution in [1.82, 2.24) is 0 Å². The molecule has 1 atom stereocenters. The lowest BCUT2D eigenvalue weighted by Crippen LogP contribution is -2.40. The molecular weight excluding hydrogens is 251 g/mol. The van der Waals surface area contributed by atoms with Crippen molar-refractivity contribution in [2.24, 2.45) is 0 Å². The van der Waals surface area contributed by atoms with Crippen molar-refractivity contribution in [3.63, 3.8) is 0 Å². The second kappa shape index (κ2) is 5.13. The molecule has 0 aromatic heterocycles. The second-order valence-corrected chi connectivity index (χ2v) is 5.36. The van der Waals surface area contributed by atoms with Gasteiger partial charge in [-0.05, 0) is 38.8 Å². The van der Waals surface area contributed by atoms with E-state index in [9.17, 15) is 14.5 Å². The lowest BCUT2D eigenvalue weighted by atomic mass is 9.93. The van der Waals surface area contributed by atoms with Gasteiger partial charge in [0.15, 0.2) is 0 Å². The average molecular weight is 268 g/mol. The van der Waals surface area contributed by atoms with Crippen molar-refractivity contribution in [1.29, 1.82) is 0 Å². The molecule has 1 aromatic rings. The molecule has 2 rings (SSSR count). The van der Waals surface area contributed by atoms with Crippen LogP contribution in [0, 0.1) is 15.9 Å². The van der Waals surface area contributed by atoms with Crippen LogP contribution in [0.1, 0.15) is 26.7 Å². The number of hydrogen-bond donors (Lipinski definition) is 1. The van der Waals surface area contributed by atoms with Gasteiger partial charge in [0.2, 0.25) is 0 Å². The second-order valence-electron chi connectivity index (χ2n) is 5.36. The summed E-state index contributed by atoms with van der Waals surface area (Å²) in [7, 11) is 0. The molecule has 0 aliphatic carbocycles. The number of nitro benzene ring substituents is 1. The summed E-state index contributed by atoms with van der Waals surface area (Å²) in [5.41, 5.74) is -0.122. The molecule has 0 spiro atoms. The Morgan fingerprint density at radius 3 is 2.89 bits per heavy atom. The van der Waals surface area contributed by atoms with E-state index in [1.165, 1.54) is 12.1 Å². The number of ether oxygens (including phenoxy) is 1. The highest BCUT2D eigenvalue weighted by atomic mass is 19.1. The van der Waals surface area contributed by atoms with Gasteiger partial charge in [0.25, 0.3) is 5.69 Å². The summed E-state index contributed by atoms with van der Waals surface area (Å²) in [6, 6.07) is 3.66. The van der Waals surface area contributed by atoms with Crippen LogP contribution in [0.5, 0.6) is 0 Å².